The maximum Gasteiger partial charge on any atom is 0.387 e. The molecule has 0 radical (unpaired) electrons. The number of aryl methyl sites for hydroxylation is 2. The minimum absolute atomic E-state index is 0.0228. The second-order valence-corrected chi connectivity index (χ2v) is 6.84. The summed E-state index contributed by atoms with van der Waals surface area (Å²) in [6, 6.07) is 3.65. The molecule has 3 aromatic rings. The zero-order valence-electron chi connectivity index (χ0n) is 16.4. The number of hydrogen-bond acceptors (Lipinski definition) is 7. The molecule has 0 aliphatic heterocycles. The number of aromatic nitrogens is 2. The lowest BCUT2D eigenvalue weighted by Gasteiger charge is -2.14. The number of fused-ring (bicyclic) bond motifs is 1. The van der Waals surface area contributed by atoms with E-state index in [1.54, 1.807) is 0 Å². The van der Waals surface area contributed by atoms with E-state index in [1.165, 1.54) is 43.9 Å². The first-order valence-electron chi connectivity index (χ1n) is 8.79. The predicted octanol–water partition coefficient (Wildman–Crippen LogP) is 3.27. The molecule has 9 nitrogen and oxygen atoms in total. The fourth-order valence-corrected chi connectivity index (χ4v) is 2.95. The molecule has 0 saturated heterocycles. The summed E-state index contributed by atoms with van der Waals surface area (Å²) < 4.78 is 40.5. The molecule has 0 aliphatic rings. The quantitative estimate of drug-likeness (QED) is 0.567. The molecule has 3 rings (SSSR count). The number of furan rings is 1. The standard InChI is InChI=1S/C19H16ClF2N3O6/c1-8-13(14-16(29-8)23-7-25(3)17(14)27)18(28)30-9(2)15(26)24-10-4-5-12(11(20)6-10)31-19(21)22/h4-7,9,19H,1-3H3,(H,24,26). The maximum absolute atomic E-state index is 12.6. The summed E-state index contributed by atoms with van der Waals surface area (Å²) >= 11 is 5.85. The van der Waals surface area contributed by atoms with Crippen molar-refractivity contribution in [3.8, 4) is 5.75 Å². The van der Waals surface area contributed by atoms with E-state index < -0.39 is 30.2 Å². The Bertz CT molecular complexity index is 1220. The SMILES string of the molecule is Cc1oc2ncn(C)c(=O)c2c1C(=O)OC(C)C(=O)Nc1ccc(OC(F)F)c(Cl)c1. The lowest BCUT2D eigenvalue weighted by atomic mass is 10.2. The van der Waals surface area contributed by atoms with Crippen molar-refractivity contribution in [2.24, 2.45) is 7.05 Å². The number of alkyl halides is 2. The predicted molar refractivity (Wildman–Crippen MR) is 106 cm³/mol. The zero-order chi connectivity index (χ0) is 22.9. The Balaban J connectivity index is 1.75. The monoisotopic (exact) mass is 455 g/mol. The normalized spacial score (nSPS) is 12.1. The van der Waals surface area contributed by atoms with Gasteiger partial charge in [0, 0.05) is 12.7 Å². The number of carbonyl (C=O) groups is 2. The molecule has 0 bridgehead atoms. The van der Waals surface area contributed by atoms with E-state index in [0.717, 1.165) is 6.07 Å². The van der Waals surface area contributed by atoms with Crippen molar-refractivity contribution in [1.82, 2.24) is 9.55 Å². The number of benzene rings is 1. The van der Waals surface area contributed by atoms with Gasteiger partial charge in [0.2, 0.25) is 5.71 Å². The molecular weight excluding hydrogens is 440 g/mol. The van der Waals surface area contributed by atoms with Gasteiger partial charge in [-0.05, 0) is 32.0 Å². The first kappa shape index (κ1) is 22.2. The van der Waals surface area contributed by atoms with Crippen LogP contribution in [0.1, 0.15) is 23.0 Å². The van der Waals surface area contributed by atoms with E-state index in [4.69, 9.17) is 20.8 Å². The van der Waals surface area contributed by atoms with Gasteiger partial charge in [-0.15, -0.1) is 0 Å². The molecule has 0 fully saturated rings. The third kappa shape index (κ3) is 4.66. The molecule has 12 heteroatoms. The van der Waals surface area contributed by atoms with Crippen molar-refractivity contribution in [3.63, 3.8) is 0 Å². The minimum Gasteiger partial charge on any atom is -0.449 e. The zero-order valence-corrected chi connectivity index (χ0v) is 17.2. The van der Waals surface area contributed by atoms with Crippen molar-refractivity contribution in [3.05, 3.63) is 51.2 Å². The maximum atomic E-state index is 12.6. The van der Waals surface area contributed by atoms with Crippen LogP contribution in [0.5, 0.6) is 5.75 Å². The van der Waals surface area contributed by atoms with Gasteiger partial charge in [-0.25, -0.2) is 9.78 Å². The van der Waals surface area contributed by atoms with Crippen LogP contribution >= 0.6 is 11.6 Å². The topological polar surface area (TPSA) is 113 Å². The summed E-state index contributed by atoms with van der Waals surface area (Å²) in [4.78, 5) is 41.3. The molecule has 0 spiro atoms. The van der Waals surface area contributed by atoms with Crippen LogP contribution in [0.4, 0.5) is 14.5 Å². The number of anilines is 1. The summed E-state index contributed by atoms with van der Waals surface area (Å²) in [6.07, 6.45) is -0.0187. The van der Waals surface area contributed by atoms with Gasteiger partial charge in [0.05, 0.1) is 5.02 Å². The summed E-state index contributed by atoms with van der Waals surface area (Å²) in [5, 5.41) is 2.24. The second-order valence-electron chi connectivity index (χ2n) is 6.43. The van der Waals surface area contributed by atoms with Crippen LogP contribution in [0, 0.1) is 6.92 Å². The van der Waals surface area contributed by atoms with Crippen LogP contribution in [0.15, 0.2) is 33.7 Å². The Hall–Kier alpha value is -3.47. The van der Waals surface area contributed by atoms with E-state index in [2.05, 4.69) is 15.0 Å². The third-order valence-corrected chi connectivity index (χ3v) is 4.52. The third-order valence-electron chi connectivity index (χ3n) is 4.22. The van der Waals surface area contributed by atoms with Crippen molar-refractivity contribution in [2.75, 3.05) is 5.32 Å². The number of ether oxygens (including phenoxy) is 2. The van der Waals surface area contributed by atoms with Crippen LogP contribution < -0.4 is 15.6 Å². The molecule has 1 amide bonds. The Kier molecular flexibility index (Phi) is 6.25. The molecule has 2 aromatic heterocycles. The number of amides is 1. The number of nitrogens with zero attached hydrogens (tertiary/aromatic N) is 2. The highest BCUT2D eigenvalue weighted by Crippen LogP contribution is 2.29. The highest BCUT2D eigenvalue weighted by Gasteiger charge is 2.27. The van der Waals surface area contributed by atoms with Gasteiger partial charge in [0.15, 0.2) is 6.10 Å². The first-order chi connectivity index (χ1) is 14.6. The molecule has 1 N–H and O–H groups in total. The Morgan fingerprint density at radius 3 is 2.68 bits per heavy atom. The minimum atomic E-state index is -3.05. The van der Waals surface area contributed by atoms with E-state index in [1.807, 2.05) is 0 Å². The van der Waals surface area contributed by atoms with Crippen molar-refractivity contribution >= 4 is 40.3 Å². The Morgan fingerprint density at radius 2 is 2.03 bits per heavy atom. The van der Waals surface area contributed by atoms with Crippen molar-refractivity contribution in [2.45, 2.75) is 26.6 Å². The van der Waals surface area contributed by atoms with Crippen LogP contribution in [0.2, 0.25) is 5.02 Å². The molecule has 1 unspecified atom stereocenters. The van der Waals surface area contributed by atoms with Crippen molar-refractivity contribution in [1.29, 1.82) is 0 Å². The molecule has 31 heavy (non-hydrogen) atoms. The average molecular weight is 456 g/mol. The van der Waals surface area contributed by atoms with Crippen LogP contribution in [-0.4, -0.2) is 34.1 Å². The number of halogens is 3. The van der Waals surface area contributed by atoms with Crippen LogP contribution in [-0.2, 0) is 16.6 Å². The second kappa shape index (κ2) is 8.72. The molecule has 2 heterocycles. The van der Waals surface area contributed by atoms with Gasteiger partial charge >= 0.3 is 12.6 Å². The van der Waals surface area contributed by atoms with E-state index in [-0.39, 0.29) is 38.9 Å². The summed E-state index contributed by atoms with van der Waals surface area (Å²) in [6.45, 7) is -0.267. The van der Waals surface area contributed by atoms with Crippen LogP contribution in [0.25, 0.3) is 11.1 Å². The molecule has 1 atom stereocenters. The Labute approximate surface area is 178 Å². The highest BCUT2D eigenvalue weighted by molar-refractivity contribution is 6.32. The molecule has 0 aliphatic carbocycles. The van der Waals surface area contributed by atoms with Gasteiger partial charge < -0.3 is 23.8 Å². The first-order valence-corrected chi connectivity index (χ1v) is 9.17. The molecule has 0 saturated carbocycles. The number of esters is 1. The summed E-state index contributed by atoms with van der Waals surface area (Å²) in [7, 11) is 1.46. The number of carbonyl (C=O) groups excluding carboxylic acids is 2. The number of hydrogen-bond donors (Lipinski definition) is 1. The molecule has 1 aromatic carbocycles. The van der Waals surface area contributed by atoms with Gasteiger partial charge in [-0.3, -0.25) is 9.59 Å². The van der Waals surface area contributed by atoms with E-state index >= 15 is 0 Å². The van der Waals surface area contributed by atoms with Gasteiger partial charge in [-0.2, -0.15) is 8.78 Å². The lowest BCUT2D eigenvalue weighted by molar-refractivity contribution is -0.123. The summed E-state index contributed by atoms with van der Waals surface area (Å²) in [5.74, 6) is -1.80. The van der Waals surface area contributed by atoms with E-state index in [0.29, 0.717) is 0 Å². The number of rotatable bonds is 6. The fourth-order valence-electron chi connectivity index (χ4n) is 2.72. The van der Waals surface area contributed by atoms with E-state index in [9.17, 15) is 23.2 Å². The largest absolute Gasteiger partial charge is 0.449 e. The van der Waals surface area contributed by atoms with Gasteiger partial charge in [0.25, 0.3) is 11.5 Å². The highest BCUT2D eigenvalue weighted by atomic mass is 35.5. The Morgan fingerprint density at radius 1 is 1.32 bits per heavy atom. The average Bonchev–Trinajstić information content (AvgIpc) is 3.03. The smallest absolute Gasteiger partial charge is 0.387 e. The lowest BCUT2D eigenvalue weighted by Crippen LogP contribution is -2.30. The van der Waals surface area contributed by atoms with Gasteiger partial charge in [0.1, 0.15) is 28.8 Å². The van der Waals surface area contributed by atoms with Crippen molar-refractivity contribution < 1.29 is 32.3 Å². The van der Waals surface area contributed by atoms with Gasteiger partial charge in [-0.1, -0.05) is 11.6 Å². The summed E-state index contributed by atoms with van der Waals surface area (Å²) in [5.41, 5.74) is -0.487. The molecular formula is C19H16ClF2N3O6. The van der Waals surface area contributed by atoms with Crippen LogP contribution in [0.3, 0.4) is 0 Å². The number of nitrogens with one attached hydrogen (secondary N) is 1. The fraction of sp³-hybridized carbons (Fsp3) is 0.263. The molecule has 164 valence electrons.